The lowest BCUT2D eigenvalue weighted by Crippen LogP contribution is -2.43. The van der Waals surface area contributed by atoms with Gasteiger partial charge in [-0.05, 0) is 23.5 Å². The van der Waals surface area contributed by atoms with Crippen LogP contribution in [-0.4, -0.2) is 37.6 Å². The molecule has 0 saturated carbocycles. The highest BCUT2D eigenvalue weighted by molar-refractivity contribution is 5.66. The van der Waals surface area contributed by atoms with Crippen LogP contribution in [0.25, 0.3) is 5.57 Å². The molecule has 0 amide bonds. The maximum absolute atomic E-state index is 3.42. The first-order valence-corrected chi connectivity index (χ1v) is 7.43. The van der Waals surface area contributed by atoms with Gasteiger partial charge in [-0.2, -0.15) is 0 Å². The summed E-state index contributed by atoms with van der Waals surface area (Å²) in [5.41, 5.74) is 2.86. The lowest BCUT2D eigenvalue weighted by molar-refractivity contribution is 0.268. The highest BCUT2D eigenvalue weighted by atomic mass is 15.2. The molecule has 1 heterocycles. The van der Waals surface area contributed by atoms with Gasteiger partial charge in [0.15, 0.2) is 0 Å². The zero-order valence-corrected chi connectivity index (χ0v) is 12.2. The first-order chi connectivity index (χ1) is 9.25. The van der Waals surface area contributed by atoms with E-state index in [1.165, 1.54) is 11.1 Å². The molecule has 0 aromatic heterocycles. The van der Waals surface area contributed by atoms with Gasteiger partial charge in [-0.25, -0.2) is 0 Å². The summed E-state index contributed by atoms with van der Waals surface area (Å²) in [6, 6.07) is 10.8. The van der Waals surface area contributed by atoms with Gasteiger partial charge in [0.05, 0.1) is 0 Å². The van der Waals surface area contributed by atoms with Crippen LogP contribution in [0.1, 0.15) is 25.8 Å². The molecule has 0 spiro atoms. The summed E-state index contributed by atoms with van der Waals surface area (Å²) < 4.78 is 0. The fourth-order valence-electron chi connectivity index (χ4n) is 2.41. The van der Waals surface area contributed by atoms with E-state index in [1.54, 1.807) is 0 Å². The Morgan fingerprint density at radius 3 is 2.53 bits per heavy atom. The normalized spacial score (nSPS) is 17.9. The third-order valence-corrected chi connectivity index (χ3v) is 3.58. The van der Waals surface area contributed by atoms with Crippen molar-refractivity contribution in [2.24, 2.45) is 5.92 Å². The Kier molecular flexibility index (Phi) is 5.62. The minimum absolute atomic E-state index is 0.724. The van der Waals surface area contributed by atoms with Crippen LogP contribution < -0.4 is 5.32 Å². The molecule has 0 bridgehead atoms. The zero-order valence-electron chi connectivity index (χ0n) is 12.2. The van der Waals surface area contributed by atoms with Gasteiger partial charge in [-0.3, -0.25) is 4.90 Å². The molecule has 2 rings (SSSR count). The Balaban J connectivity index is 2.07. The van der Waals surface area contributed by atoms with E-state index < -0.39 is 0 Å². The lowest BCUT2D eigenvalue weighted by Gasteiger charge is -2.28. The van der Waals surface area contributed by atoms with E-state index in [9.17, 15) is 0 Å². The molecule has 0 aliphatic carbocycles. The molecule has 1 aromatic rings. The van der Waals surface area contributed by atoms with E-state index in [-0.39, 0.29) is 0 Å². The second-order valence-corrected chi connectivity index (χ2v) is 5.75. The summed E-state index contributed by atoms with van der Waals surface area (Å²) in [7, 11) is 0. The molecular formula is C17H26N2. The van der Waals surface area contributed by atoms with Gasteiger partial charge in [-0.15, -0.1) is 0 Å². The minimum Gasteiger partial charge on any atom is -0.314 e. The lowest BCUT2D eigenvalue weighted by atomic mass is 10.0. The minimum atomic E-state index is 0.724. The van der Waals surface area contributed by atoms with Crippen molar-refractivity contribution in [2.45, 2.75) is 20.3 Å². The SMILES string of the molecule is CC(C)C/C=C(/CN1CCNCC1)c1ccccc1. The Morgan fingerprint density at radius 2 is 1.89 bits per heavy atom. The van der Waals surface area contributed by atoms with Gasteiger partial charge in [-0.1, -0.05) is 50.3 Å². The average molecular weight is 258 g/mol. The summed E-state index contributed by atoms with van der Waals surface area (Å²) in [6.45, 7) is 10.2. The number of nitrogens with one attached hydrogen (secondary N) is 1. The molecule has 2 nitrogen and oxygen atoms in total. The number of hydrogen-bond donors (Lipinski definition) is 1. The van der Waals surface area contributed by atoms with E-state index >= 15 is 0 Å². The first-order valence-electron chi connectivity index (χ1n) is 7.43. The van der Waals surface area contributed by atoms with E-state index in [0.717, 1.165) is 45.1 Å². The highest BCUT2D eigenvalue weighted by Crippen LogP contribution is 2.18. The molecule has 1 aromatic carbocycles. The Bertz CT molecular complexity index is 389. The number of piperazine rings is 1. The molecule has 0 unspecified atom stereocenters. The summed E-state index contributed by atoms with van der Waals surface area (Å²) >= 11 is 0. The number of allylic oxidation sites excluding steroid dienone is 1. The molecule has 19 heavy (non-hydrogen) atoms. The average Bonchev–Trinajstić information content (AvgIpc) is 2.45. The first kappa shape index (κ1) is 14.3. The molecule has 1 aliphatic rings. The topological polar surface area (TPSA) is 15.3 Å². The molecule has 1 N–H and O–H groups in total. The van der Waals surface area contributed by atoms with Gasteiger partial charge in [0, 0.05) is 32.7 Å². The summed E-state index contributed by atoms with van der Waals surface area (Å²) in [5, 5.41) is 3.42. The smallest absolute Gasteiger partial charge is 0.0237 e. The molecule has 2 heteroatoms. The maximum atomic E-state index is 3.42. The third-order valence-electron chi connectivity index (χ3n) is 3.58. The Hall–Kier alpha value is -1.12. The van der Waals surface area contributed by atoms with E-state index in [4.69, 9.17) is 0 Å². The Labute approximate surface area is 117 Å². The van der Waals surface area contributed by atoms with Crippen LogP contribution in [0.2, 0.25) is 0 Å². The van der Waals surface area contributed by atoms with Crippen molar-refractivity contribution in [2.75, 3.05) is 32.7 Å². The molecular weight excluding hydrogens is 232 g/mol. The van der Waals surface area contributed by atoms with Gasteiger partial charge in [0.1, 0.15) is 0 Å². The monoisotopic (exact) mass is 258 g/mol. The fraction of sp³-hybridized carbons (Fsp3) is 0.529. The predicted octanol–water partition coefficient (Wildman–Crippen LogP) is 3.02. The van der Waals surface area contributed by atoms with Crippen molar-refractivity contribution >= 4 is 5.57 Å². The van der Waals surface area contributed by atoms with E-state index in [0.29, 0.717) is 0 Å². The van der Waals surface area contributed by atoms with E-state index in [1.807, 2.05) is 0 Å². The van der Waals surface area contributed by atoms with Gasteiger partial charge < -0.3 is 5.32 Å². The highest BCUT2D eigenvalue weighted by Gasteiger charge is 2.12. The van der Waals surface area contributed by atoms with Crippen molar-refractivity contribution < 1.29 is 0 Å². The maximum Gasteiger partial charge on any atom is 0.0237 e. The van der Waals surface area contributed by atoms with Crippen LogP contribution in [0.15, 0.2) is 36.4 Å². The van der Waals surface area contributed by atoms with Gasteiger partial charge >= 0.3 is 0 Å². The third kappa shape index (κ3) is 4.81. The standard InChI is InChI=1S/C17H26N2/c1-15(2)8-9-17(16-6-4-3-5-7-16)14-19-12-10-18-11-13-19/h3-7,9,15,18H,8,10-14H2,1-2H3/b17-9-. The molecule has 1 fully saturated rings. The van der Waals surface area contributed by atoms with E-state index in [2.05, 4.69) is 60.5 Å². The van der Waals surface area contributed by atoms with Crippen molar-refractivity contribution in [1.82, 2.24) is 10.2 Å². The summed E-state index contributed by atoms with van der Waals surface area (Å²) in [4.78, 5) is 2.55. The number of hydrogen-bond acceptors (Lipinski definition) is 2. The van der Waals surface area contributed by atoms with Crippen LogP contribution in [-0.2, 0) is 0 Å². The van der Waals surface area contributed by atoms with Crippen LogP contribution in [0.4, 0.5) is 0 Å². The molecule has 104 valence electrons. The van der Waals surface area contributed by atoms with Crippen LogP contribution in [0.3, 0.4) is 0 Å². The van der Waals surface area contributed by atoms with Gasteiger partial charge in [0.2, 0.25) is 0 Å². The second kappa shape index (κ2) is 7.46. The predicted molar refractivity (Wildman–Crippen MR) is 83.2 cm³/mol. The van der Waals surface area contributed by atoms with Crippen LogP contribution >= 0.6 is 0 Å². The summed E-state index contributed by atoms with van der Waals surface area (Å²) in [6.07, 6.45) is 3.60. The molecule has 1 aliphatic heterocycles. The van der Waals surface area contributed by atoms with Gasteiger partial charge in [0.25, 0.3) is 0 Å². The molecule has 1 saturated heterocycles. The Morgan fingerprint density at radius 1 is 1.21 bits per heavy atom. The molecule has 0 atom stereocenters. The van der Waals surface area contributed by atoms with Crippen LogP contribution in [0, 0.1) is 5.92 Å². The van der Waals surface area contributed by atoms with Crippen molar-refractivity contribution in [3.63, 3.8) is 0 Å². The summed E-state index contributed by atoms with van der Waals surface area (Å²) in [5.74, 6) is 0.724. The zero-order chi connectivity index (χ0) is 13.5. The fourth-order valence-corrected chi connectivity index (χ4v) is 2.41. The van der Waals surface area contributed by atoms with Crippen molar-refractivity contribution in [1.29, 1.82) is 0 Å². The van der Waals surface area contributed by atoms with Crippen LogP contribution in [0.5, 0.6) is 0 Å². The quantitative estimate of drug-likeness (QED) is 0.873. The molecule has 0 radical (unpaired) electrons. The van der Waals surface area contributed by atoms with Crippen molar-refractivity contribution in [3.05, 3.63) is 42.0 Å². The van der Waals surface area contributed by atoms with Crippen molar-refractivity contribution in [3.8, 4) is 0 Å². The second-order valence-electron chi connectivity index (χ2n) is 5.75. The number of nitrogens with zero attached hydrogens (tertiary/aromatic N) is 1. The number of rotatable bonds is 5. The largest absolute Gasteiger partial charge is 0.314 e. The number of benzene rings is 1.